The van der Waals surface area contributed by atoms with E-state index >= 15 is 0 Å². The molecule has 1 atom stereocenters. The zero-order valence-electron chi connectivity index (χ0n) is 10.6. The van der Waals surface area contributed by atoms with Crippen molar-refractivity contribution in [2.45, 2.75) is 31.7 Å². The molecule has 96 valence electrons. The lowest BCUT2D eigenvalue weighted by molar-refractivity contribution is 0.213. The zero-order chi connectivity index (χ0) is 12.6. The minimum atomic E-state index is -0.599. The summed E-state index contributed by atoms with van der Waals surface area (Å²) >= 11 is 1.83. The minimum Gasteiger partial charge on any atom is -0.394 e. The van der Waals surface area contributed by atoms with E-state index in [0.29, 0.717) is 0 Å². The summed E-state index contributed by atoms with van der Waals surface area (Å²) in [6, 6.07) is 9.88. The van der Waals surface area contributed by atoms with Crippen LogP contribution in [-0.4, -0.2) is 23.2 Å². The molecule has 3 N–H and O–H groups in total. The van der Waals surface area contributed by atoms with Gasteiger partial charge in [-0.3, -0.25) is 0 Å². The SMILES string of the molecule is CCCCCSCC(N)(CO)c1ccccc1. The van der Waals surface area contributed by atoms with Crippen molar-refractivity contribution in [2.24, 2.45) is 5.73 Å². The van der Waals surface area contributed by atoms with Gasteiger partial charge in [0.15, 0.2) is 0 Å². The van der Waals surface area contributed by atoms with Crippen LogP contribution in [0, 0.1) is 0 Å². The first-order valence-electron chi connectivity index (χ1n) is 6.26. The summed E-state index contributed by atoms with van der Waals surface area (Å²) in [6.07, 6.45) is 3.75. The Balaban J connectivity index is 2.46. The molecule has 1 aromatic carbocycles. The fourth-order valence-corrected chi connectivity index (χ4v) is 2.87. The molecule has 0 heterocycles. The summed E-state index contributed by atoms with van der Waals surface area (Å²) in [4.78, 5) is 0. The second-order valence-electron chi connectivity index (χ2n) is 4.44. The molecule has 0 bridgehead atoms. The number of thioether (sulfide) groups is 1. The molecule has 0 aliphatic carbocycles. The van der Waals surface area contributed by atoms with Gasteiger partial charge in [0, 0.05) is 5.75 Å². The summed E-state index contributed by atoms with van der Waals surface area (Å²) in [5.74, 6) is 1.90. The third kappa shape index (κ3) is 4.70. The Kier molecular flexibility index (Phi) is 6.63. The quantitative estimate of drug-likeness (QED) is 0.700. The van der Waals surface area contributed by atoms with Gasteiger partial charge in [0.25, 0.3) is 0 Å². The number of hydrogen-bond donors (Lipinski definition) is 2. The number of benzene rings is 1. The van der Waals surface area contributed by atoms with Crippen molar-refractivity contribution in [3.05, 3.63) is 35.9 Å². The molecule has 3 heteroatoms. The lowest BCUT2D eigenvalue weighted by Gasteiger charge is -2.27. The summed E-state index contributed by atoms with van der Waals surface area (Å²) in [6.45, 7) is 2.20. The van der Waals surface area contributed by atoms with Gasteiger partial charge in [-0.15, -0.1) is 0 Å². The van der Waals surface area contributed by atoms with Crippen LogP contribution in [0.1, 0.15) is 31.7 Å². The van der Waals surface area contributed by atoms with Crippen LogP contribution in [0.5, 0.6) is 0 Å². The van der Waals surface area contributed by atoms with Crippen molar-refractivity contribution >= 4 is 11.8 Å². The Morgan fingerprint density at radius 3 is 2.53 bits per heavy atom. The van der Waals surface area contributed by atoms with Crippen molar-refractivity contribution < 1.29 is 5.11 Å². The van der Waals surface area contributed by atoms with Gasteiger partial charge in [0.2, 0.25) is 0 Å². The molecule has 1 unspecified atom stereocenters. The van der Waals surface area contributed by atoms with Gasteiger partial charge in [-0.1, -0.05) is 50.1 Å². The average molecular weight is 253 g/mol. The Labute approximate surface area is 109 Å². The van der Waals surface area contributed by atoms with Crippen molar-refractivity contribution in [1.29, 1.82) is 0 Å². The van der Waals surface area contributed by atoms with E-state index < -0.39 is 5.54 Å². The van der Waals surface area contributed by atoms with Crippen LogP contribution in [0.2, 0.25) is 0 Å². The van der Waals surface area contributed by atoms with Gasteiger partial charge in [-0.2, -0.15) is 11.8 Å². The fourth-order valence-electron chi connectivity index (χ4n) is 1.70. The molecule has 0 aromatic heterocycles. The molecule has 1 aromatic rings. The lowest BCUT2D eigenvalue weighted by Crippen LogP contribution is -2.43. The molecular formula is C14H23NOS. The first kappa shape index (κ1) is 14.6. The standard InChI is InChI=1S/C14H23NOS/c1-2-3-7-10-17-12-14(15,11-16)13-8-5-4-6-9-13/h4-6,8-9,16H,2-3,7,10-12,15H2,1H3. The molecule has 1 rings (SSSR count). The predicted octanol–water partition coefficient (Wildman–Crippen LogP) is 2.76. The average Bonchev–Trinajstić information content (AvgIpc) is 2.39. The van der Waals surface area contributed by atoms with E-state index in [2.05, 4.69) is 6.92 Å². The maximum atomic E-state index is 9.50. The van der Waals surface area contributed by atoms with Crippen LogP contribution in [0.15, 0.2) is 30.3 Å². The van der Waals surface area contributed by atoms with Crippen molar-refractivity contribution in [2.75, 3.05) is 18.1 Å². The van der Waals surface area contributed by atoms with Gasteiger partial charge >= 0.3 is 0 Å². The molecule has 17 heavy (non-hydrogen) atoms. The molecule has 2 nitrogen and oxygen atoms in total. The number of unbranched alkanes of at least 4 members (excludes halogenated alkanes) is 2. The lowest BCUT2D eigenvalue weighted by atomic mass is 9.94. The number of aliphatic hydroxyl groups is 1. The third-order valence-electron chi connectivity index (χ3n) is 2.88. The number of rotatable bonds is 8. The van der Waals surface area contributed by atoms with E-state index in [4.69, 9.17) is 5.73 Å². The van der Waals surface area contributed by atoms with Gasteiger partial charge in [0.05, 0.1) is 12.1 Å². The van der Waals surface area contributed by atoms with Crippen molar-refractivity contribution in [1.82, 2.24) is 0 Å². The first-order valence-corrected chi connectivity index (χ1v) is 7.41. The Morgan fingerprint density at radius 1 is 1.24 bits per heavy atom. The summed E-state index contributed by atoms with van der Waals surface area (Å²) in [5.41, 5.74) is 6.68. The smallest absolute Gasteiger partial charge is 0.0735 e. The van der Waals surface area contributed by atoms with E-state index in [1.807, 2.05) is 42.1 Å². The number of nitrogens with two attached hydrogens (primary N) is 1. The second-order valence-corrected chi connectivity index (χ2v) is 5.55. The molecule has 0 spiro atoms. The maximum Gasteiger partial charge on any atom is 0.0735 e. The first-order chi connectivity index (χ1) is 8.23. The molecular weight excluding hydrogens is 230 g/mol. The number of hydrogen-bond acceptors (Lipinski definition) is 3. The normalized spacial score (nSPS) is 14.5. The van der Waals surface area contributed by atoms with Crippen LogP contribution in [0.4, 0.5) is 0 Å². The largest absolute Gasteiger partial charge is 0.394 e. The highest BCUT2D eigenvalue weighted by Crippen LogP contribution is 2.23. The van der Waals surface area contributed by atoms with Crippen LogP contribution in [-0.2, 0) is 5.54 Å². The Hall–Kier alpha value is -0.510. The van der Waals surface area contributed by atoms with Crippen LogP contribution >= 0.6 is 11.8 Å². The monoisotopic (exact) mass is 253 g/mol. The minimum absolute atomic E-state index is 0.00219. The van der Waals surface area contributed by atoms with E-state index in [1.165, 1.54) is 19.3 Å². The maximum absolute atomic E-state index is 9.50. The predicted molar refractivity (Wildman–Crippen MR) is 76.2 cm³/mol. The fraction of sp³-hybridized carbons (Fsp3) is 0.571. The van der Waals surface area contributed by atoms with Gasteiger partial charge in [-0.05, 0) is 17.7 Å². The summed E-state index contributed by atoms with van der Waals surface area (Å²) in [7, 11) is 0. The van der Waals surface area contributed by atoms with E-state index in [-0.39, 0.29) is 6.61 Å². The van der Waals surface area contributed by atoms with Crippen molar-refractivity contribution in [3.8, 4) is 0 Å². The molecule has 0 amide bonds. The second kappa shape index (κ2) is 7.75. The van der Waals surface area contributed by atoms with E-state index in [1.54, 1.807) is 0 Å². The van der Waals surface area contributed by atoms with Gasteiger partial charge in [-0.25, -0.2) is 0 Å². The van der Waals surface area contributed by atoms with E-state index in [9.17, 15) is 5.11 Å². The highest BCUT2D eigenvalue weighted by molar-refractivity contribution is 7.99. The summed E-state index contributed by atoms with van der Waals surface area (Å²) in [5, 5.41) is 9.50. The van der Waals surface area contributed by atoms with E-state index in [0.717, 1.165) is 17.1 Å². The third-order valence-corrected chi connectivity index (χ3v) is 4.18. The molecule has 0 fully saturated rings. The van der Waals surface area contributed by atoms with Gasteiger partial charge < -0.3 is 10.8 Å². The highest BCUT2D eigenvalue weighted by atomic mass is 32.2. The summed E-state index contributed by atoms with van der Waals surface area (Å²) < 4.78 is 0. The van der Waals surface area contributed by atoms with Crippen LogP contribution in [0.3, 0.4) is 0 Å². The highest BCUT2D eigenvalue weighted by Gasteiger charge is 2.25. The molecule has 0 saturated carbocycles. The number of aliphatic hydroxyl groups excluding tert-OH is 1. The molecule has 0 saturated heterocycles. The molecule has 0 aliphatic heterocycles. The Bertz CT molecular complexity index is 304. The topological polar surface area (TPSA) is 46.2 Å². The Morgan fingerprint density at radius 2 is 1.94 bits per heavy atom. The van der Waals surface area contributed by atoms with Crippen LogP contribution < -0.4 is 5.73 Å². The molecule has 0 aliphatic rings. The zero-order valence-corrected chi connectivity index (χ0v) is 11.4. The van der Waals surface area contributed by atoms with Gasteiger partial charge in [0.1, 0.15) is 0 Å². The van der Waals surface area contributed by atoms with Crippen LogP contribution in [0.25, 0.3) is 0 Å². The molecule has 0 radical (unpaired) electrons. The van der Waals surface area contributed by atoms with Crippen molar-refractivity contribution in [3.63, 3.8) is 0 Å².